The van der Waals surface area contributed by atoms with Crippen molar-refractivity contribution in [1.29, 1.82) is 0 Å². The zero-order valence-corrected chi connectivity index (χ0v) is 17.7. The Labute approximate surface area is 163 Å². The molecule has 4 heteroatoms. The van der Waals surface area contributed by atoms with Gasteiger partial charge in [0, 0.05) is 36.7 Å². The minimum absolute atomic E-state index is 0.0970. The monoisotopic (exact) mass is 370 g/mol. The number of rotatable bonds is 8. The number of carbonyl (C=O) groups is 1. The number of aromatic nitrogens is 1. The fourth-order valence-electron chi connectivity index (χ4n) is 3.69. The van der Waals surface area contributed by atoms with Gasteiger partial charge in [0.05, 0.1) is 5.56 Å². The highest BCUT2D eigenvalue weighted by molar-refractivity contribution is 6.02. The molecule has 27 heavy (non-hydrogen) atoms. The Morgan fingerprint density at radius 2 is 1.78 bits per heavy atom. The standard InChI is InChI=1S/C23H34N2O2/c1-7-19-21(17-10-12-18(13-11-17)23(4,5)6)20(22(24)26)16(3)25(19)14-9-15-27-8-2/h10-13H,7-9,14-15H2,1-6H3,(H2,24,26). The maximum Gasteiger partial charge on any atom is 0.251 e. The summed E-state index contributed by atoms with van der Waals surface area (Å²) in [5, 5.41) is 0. The molecule has 0 unspecified atom stereocenters. The van der Waals surface area contributed by atoms with Crippen LogP contribution in [0, 0.1) is 6.92 Å². The molecule has 2 rings (SSSR count). The lowest BCUT2D eigenvalue weighted by Crippen LogP contribution is -2.14. The molecule has 0 bridgehead atoms. The van der Waals surface area contributed by atoms with Gasteiger partial charge in [-0.3, -0.25) is 4.79 Å². The Morgan fingerprint density at radius 3 is 2.26 bits per heavy atom. The van der Waals surface area contributed by atoms with Crippen LogP contribution in [0.3, 0.4) is 0 Å². The SMILES string of the molecule is CCOCCCn1c(C)c(C(N)=O)c(-c2ccc(C(C)(C)C)cc2)c1CC. The fourth-order valence-corrected chi connectivity index (χ4v) is 3.69. The molecule has 0 spiro atoms. The second-order valence-electron chi connectivity index (χ2n) is 8.03. The summed E-state index contributed by atoms with van der Waals surface area (Å²) in [4.78, 5) is 12.3. The summed E-state index contributed by atoms with van der Waals surface area (Å²) in [7, 11) is 0. The third-order valence-electron chi connectivity index (χ3n) is 5.13. The second-order valence-corrected chi connectivity index (χ2v) is 8.03. The Bertz CT molecular complexity index is 780. The first-order valence-electron chi connectivity index (χ1n) is 9.92. The van der Waals surface area contributed by atoms with E-state index in [0.29, 0.717) is 5.56 Å². The maximum absolute atomic E-state index is 12.3. The van der Waals surface area contributed by atoms with Crippen LogP contribution in [0.1, 0.15) is 68.3 Å². The molecular formula is C23H34N2O2. The van der Waals surface area contributed by atoms with Crippen molar-refractivity contribution in [2.45, 2.75) is 66.3 Å². The van der Waals surface area contributed by atoms with Gasteiger partial charge < -0.3 is 15.0 Å². The van der Waals surface area contributed by atoms with Crippen molar-refractivity contribution < 1.29 is 9.53 Å². The van der Waals surface area contributed by atoms with E-state index in [-0.39, 0.29) is 11.3 Å². The Kier molecular flexibility index (Phi) is 6.88. The number of hydrogen-bond donors (Lipinski definition) is 1. The van der Waals surface area contributed by atoms with Crippen molar-refractivity contribution in [3.8, 4) is 11.1 Å². The van der Waals surface area contributed by atoms with Crippen molar-refractivity contribution in [2.75, 3.05) is 13.2 Å². The van der Waals surface area contributed by atoms with Crippen LogP contribution in [0.4, 0.5) is 0 Å². The summed E-state index contributed by atoms with van der Waals surface area (Å²) in [5.74, 6) is -0.361. The molecule has 0 radical (unpaired) electrons. The van der Waals surface area contributed by atoms with Crippen LogP contribution < -0.4 is 5.73 Å². The average molecular weight is 371 g/mol. The van der Waals surface area contributed by atoms with Gasteiger partial charge in [-0.1, -0.05) is 52.0 Å². The number of amides is 1. The molecule has 2 aromatic rings. The van der Waals surface area contributed by atoms with Gasteiger partial charge in [-0.2, -0.15) is 0 Å². The molecule has 0 fully saturated rings. The van der Waals surface area contributed by atoms with E-state index in [0.717, 1.165) is 49.4 Å². The summed E-state index contributed by atoms with van der Waals surface area (Å²) >= 11 is 0. The number of benzene rings is 1. The zero-order valence-electron chi connectivity index (χ0n) is 17.7. The predicted molar refractivity (Wildman–Crippen MR) is 112 cm³/mol. The molecule has 1 aromatic heterocycles. The number of carbonyl (C=O) groups excluding carboxylic acids is 1. The van der Waals surface area contributed by atoms with E-state index in [1.54, 1.807) is 0 Å². The number of nitrogens with two attached hydrogens (primary N) is 1. The van der Waals surface area contributed by atoms with Gasteiger partial charge in [0.1, 0.15) is 0 Å². The Hall–Kier alpha value is -2.07. The molecule has 4 nitrogen and oxygen atoms in total. The predicted octanol–water partition coefficient (Wildman–Crippen LogP) is 4.85. The molecule has 0 saturated heterocycles. The number of primary amides is 1. The fraction of sp³-hybridized carbons (Fsp3) is 0.522. The normalized spacial score (nSPS) is 11.8. The quantitative estimate of drug-likeness (QED) is 0.675. The molecule has 148 valence electrons. The smallest absolute Gasteiger partial charge is 0.251 e. The largest absolute Gasteiger partial charge is 0.382 e. The van der Waals surface area contributed by atoms with E-state index in [9.17, 15) is 4.79 Å². The van der Waals surface area contributed by atoms with E-state index < -0.39 is 0 Å². The van der Waals surface area contributed by atoms with E-state index in [2.05, 4.69) is 56.5 Å². The van der Waals surface area contributed by atoms with Crippen LogP contribution in [0.25, 0.3) is 11.1 Å². The van der Waals surface area contributed by atoms with Crippen molar-refractivity contribution in [2.24, 2.45) is 5.73 Å². The molecule has 1 heterocycles. The highest BCUT2D eigenvalue weighted by atomic mass is 16.5. The molecule has 0 aliphatic carbocycles. The summed E-state index contributed by atoms with van der Waals surface area (Å²) < 4.78 is 7.72. The van der Waals surface area contributed by atoms with E-state index in [1.807, 2.05) is 13.8 Å². The summed E-state index contributed by atoms with van der Waals surface area (Å²) in [6.45, 7) is 15.0. The van der Waals surface area contributed by atoms with Crippen LogP contribution >= 0.6 is 0 Å². The van der Waals surface area contributed by atoms with Gasteiger partial charge in [-0.05, 0) is 43.2 Å². The summed E-state index contributed by atoms with van der Waals surface area (Å²) in [6.07, 6.45) is 1.76. The Balaban J connectivity index is 2.52. The van der Waals surface area contributed by atoms with E-state index in [4.69, 9.17) is 10.5 Å². The van der Waals surface area contributed by atoms with Crippen LogP contribution in [0.2, 0.25) is 0 Å². The summed E-state index contributed by atoms with van der Waals surface area (Å²) in [6, 6.07) is 8.54. The van der Waals surface area contributed by atoms with E-state index in [1.165, 1.54) is 11.3 Å². The minimum Gasteiger partial charge on any atom is -0.382 e. The zero-order chi connectivity index (χ0) is 20.2. The molecule has 1 amide bonds. The highest BCUT2D eigenvalue weighted by Crippen LogP contribution is 2.34. The van der Waals surface area contributed by atoms with Crippen LogP contribution in [-0.2, 0) is 23.1 Å². The lowest BCUT2D eigenvalue weighted by atomic mass is 9.86. The lowest BCUT2D eigenvalue weighted by Gasteiger charge is -2.19. The van der Waals surface area contributed by atoms with Gasteiger partial charge >= 0.3 is 0 Å². The maximum atomic E-state index is 12.3. The first-order valence-corrected chi connectivity index (χ1v) is 9.92. The molecule has 0 saturated carbocycles. The second kappa shape index (κ2) is 8.75. The van der Waals surface area contributed by atoms with Gasteiger partial charge in [0.2, 0.25) is 0 Å². The van der Waals surface area contributed by atoms with Crippen molar-refractivity contribution in [3.05, 3.63) is 46.8 Å². The Morgan fingerprint density at radius 1 is 1.15 bits per heavy atom. The van der Waals surface area contributed by atoms with Crippen LogP contribution in [0.5, 0.6) is 0 Å². The number of ether oxygens (including phenoxy) is 1. The first kappa shape index (κ1) is 21.2. The molecular weight excluding hydrogens is 336 g/mol. The first-order chi connectivity index (χ1) is 12.7. The molecule has 0 aliphatic rings. The third-order valence-corrected chi connectivity index (χ3v) is 5.13. The van der Waals surface area contributed by atoms with Crippen molar-refractivity contribution in [1.82, 2.24) is 4.57 Å². The molecule has 0 aliphatic heterocycles. The molecule has 0 atom stereocenters. The van der Waals surface area contributed by atoms with Gasteiger partial charge in [-0.25, -0.2) is 0 Å². The van der Waals surface area contributed by atoms with Crippen LogP contribution in [-0.4, -0.2) is 23.7 Å². The molecule has 1 aromatic carbocycles. The van der Waals surface area contributed by atoms with Crippen molar-refractivity contribution >= 4 is 5.91 Å². The number of hydrogen-bond acceptors (Lipinski definition) is 2. The minimum atomic E-state index is -0.361. The number of nitrogens with zero attached hydrogens (tertiary/aromatic N) is 1. The van der Waals surface area contributed by atoms with Crippen molar-refractivity contribution in [3.63, 3.8) is 0 Å². The van der Waals surface area contributed by atoms with Crippen LogP contribution in [0.15, 0.2) is 24.3 Å². The topological polar surface area (TPSA) is 57.2 Å². The summed E-state index contributed by atoms with van der Waals surface area (Å²) in [5.41, 5.74) is 12.0. The van der Waals surface area contributed by atoms with E-state index >= 15 is 0 Å². The highest BCUT2D eigenvalue weighted by Gasteiger charge is 2.24. The lowest BCUT2D eigenvalue weighted by molar-refractivity contribution is 0.1000. The van der Waals surface area contributed by atoms with Gasteiger partial charge in [-0.15, -0.1) is 0 Å². The average Bonchev–Trinajstić information content (AvgIpc) is 2.90. The molecule has 2 N–H and O–H groups in total. The third kappa shape index (κ3) is 4.62. The van der Waals surface area contributed by atoms with Gasteiger partial charge in [0.15, 0.2) is 0 Å². The van der Waals surface area contributed by atoms with Gasteiger partial charge in [0.25, 0.3) is 5.91 Å².